The minimum absolute atomic E-state index is 0.296. The summed E-state index contributed by atoms with van der Waals surface area (Å²) in [5.41, 5.74) is -0.0968. The summed E-state index contributed by atoms with van der Waals surface area (Å²) in [5.74, 6) is -0.881. The van der Waals surface area contributed by atoms with Gasteiger partial charge in [0.1, 0.15) is 5.54 Å². The fraction of sp³-hybridized carbons (Fsp3) is 0.267. The largest absolute Gasteiger partial charge is 0.480 e. The first-order chi connectivity index (χ1) is 9.96. The fourth-order valence-electron chi connectivity index (χ4n) is 1.76. The van der Waals surface area contributed by atoms with Crippen molar-refractivity contribution in [2.75, 3.05) is 0 Å². The molecular formula is C15H16N2O4. The van der Waals surface area contributed by atoms with Crippen LogP contribution in [0.2, 0.25) is 0 Å². The number of nitrogens with zero attached hydrogens (tertiary/aromatic N) is 1. The van der Waals surface area contributed by atoms with E-state index in [2.05, 4.69) is 10.3 Å². The topological polar surface area (TPSA) is 92.4 Å². The summed E-state index contributed by atoms with van der Waals surface area (Å²) < 4.78 is 5.16. The highest BCUT2D eigenvalue weighted by Gasteiger charge is 2.32. The Bertz CT molecular complexity index is 634. The molecule has 0 bridgehead atoms. The predicted octanol–water partition coefficient (Wildman–Crippen LogP) is 2.32. The lowest BCUT2D eigenvalue weighted by molar-refractivity contribution is -0.143. The number of amides is 1. The summed E-state index contributed by atoms with van der Waals surface area (Å²) >= 11 is 0. The lowest BCUT2D eigenvalue weighted by atomic mass is 9.98. The molecule has 0 saturated carbocycles. The number of carbonyl (C=O) groups excluding carboxylic acids is 1. The number of oxazole rings is 1. The van der Waals surface area contributed by atoms with Crippen LogP contribution in [0, 0.1) is 0 Å². The number of benzene rings is 1. The lowest BCUT2D eigenvalue weighted by Crippen LogP contribution is -2.51. The smallest absolute Gasteiger partial charge is 0.329 e. The van der Waals surface area contributed by atoms with E-state index < -0.39 is 17.4 Å². The molecule has 1 amide bonds. The van der Waals surface area contributed by atoms with Gasteiger partial charge in [-0.1, -0.05) is 19.1 Å². The van der Waals surface area contributed by atoms with Crippen molar-refractivity contribution in [2.45, 2.75) is 25.8 Å². The van der Waals surface area contributed by atoms with E-state index >= 15 is 0 Å². The summed E-state index contributed by atoms with van der Waals surface area (Å²) in [6.45, 7) is 3.19. The van der Waals surface area contributed by atoms with Crippen molar-refractivity contribution in [1.82, 2.24) is 10.3 Å². The normalized spacial score (nSPS) is 13.4. The molecule has 0 aliphatic rings. The van der Waals surface area contributed by atoms with Gasteiger partial charge in [0.15, 0.2) is 12.2 Å². The van der Waals surface area contributed by atoms with Gasteiger partial charge in [-0.05, 0) is 25.5 Å². The van der Waals surface area contributed by atoms with Gasteiger partial charge in [-0.2, -0.15) is 0 Å². The van der Waals surface area contributed by atoms with Crippen molar-refractivity contribution in [3.8, 4) is 11.3 Å². The zero-order valence-corrected chi connectivity index (χ0v) is 11.8. The predicted molar refractivity (Wildman–Crippen MR) is 75.7 cm³/mol. The van der Waals surface area contributed by atoms with Gasteiger partial charge in [0.05, 0.1) is 6.20 Å². The Labute approximate surface area is 121 Å². The number of hydrogen-bond donors (Lipinski definition) is 2. The minimum Gasteiger partial charge on any atom is -0.480 e. The third-order valence-electron chi connectivity index (χ3n) is 3.43. The molecule has 2 N–H and O–H groups in total. The maximum atomic E-state index is 12.1. The van der Waals surface area contributed by atoms with Crippen LogP contribution in [0.4, 0.5) is 0 Å². The highest BCUT2D eigenvalue weighted by Crippen LogP contribution is 2.19. The molecule has 0 aliphatic carbocycles. The maximum Gasteiger partial charge on any atom is 0.329 e. The molecule has 1 aromatic carbocycles. The number of aromatic nitrogens is 1. The molecule has 21 heavy (non-hydrogen) atoms. The molecule has 6 heteroatoms. The SMILES string of the molecule is CCC(C)(NC(=O)c1ccc(-c2cnco2)cc1)C(=O)O. The summed E-state index contributed by atoms with van der Waals surface area (Å²) in [5, 5.41) is 11.7. The summed E-state index contributed by atoms with van der Waals surface area (Å²) in [6, 6.07) is 6.68. The average molecular weight is 288 g/mol. The number of nitrogens with one attached hydrogen (secondary N) is 1. The highest BCUT2D eigenvalue weighted by atomic mass is 16.4. The van der Waals surface area contributed by atoms with E-state index in [1.807, 2.05) is 0 Å². The van der Waals surface area contributed by atoms with Gasteiger partial charge in [-0.25, -0.2) is 9.78 Å². The molecule has 1 heterocycles. The second-order valence-corrected chi connectivity index (χ2v) is 4.89. The van der Waals surface area contributed by atoms with Gasteiger partial charge in [0, 0.05) is 11.1 Å². The molecule has 2 rings (SSSR count). The van der Waals surface area contributed by atoms with Crippen LogP contribution in [0.3, 0.4) is 0 Å². The van der Waals surface area contributed by atoms with Gasteiger partial charge in [0.2, 0.25) is 0 Å². The van der Waals surface area contributed by atoms with Gasteiger partial charge in [-0.15, -0.1) is 0 Å². The zero-order valence-electron chi connectivity index (χ0n) is 11.8. The molecule has 1 unspecified atom stereocenters. The van der Waals surface area contributed by atoms with Crippen molar-refractivity contribution in [2.24, 2.45) is 0 Å². The van der Waals surface area contributed by atoms with Crippen LogP contribution < -0.4 is 5.32 Å². The van der Waals surface area contributed by atoms with Crippen LogP contribution in [-0.2, 0) is 4.79 Å². The van der Waals surface area contributed by atoms with Gasteiger partial charge in [0.25, 0.3) is 5.91 Å². The summed E-state index contributed by atoms with van der Waals surface area (Å²) in [4.78, 5) is 27.1. The third-order valence-corrected chi connectivity index (χ3v) is 3.43. The quantitative estimate of drug-likeness (QED) is 0.880. The number of hydrogen-bond acceptors (Lipinski definition) is 4. The van der Waals surface area contributed by atoms with Crippen LogP contribution in [0.15, 0.2) is 41.3 Å². The van der Waals surface area contributed by atoms with Crippen LogP contribution >= 0.6 is 0 Å². The monoisotopic (exact) mass is 288 g/mol. The zero-order chi connectivity index (χ0) is 15.5. The Morgan fingerprint density at radius 2 is 2.00 bits per heavy atom. The van der Waals surface area contributed by atoms with E-state index in [0.29, 0.717) is 17.7 Å². The Balaban J connectivity index is 2.15. The van der Waals surface area contributed by atoms with E-state index in [-0.39, 0.29) is 0 Å². The van der Waals surface area contributed by atoms with Crippen molar-refractivity contribution in [1.29, 1.82) is 0 Å². The number of aliphatic carboxylic acids is 1. The Kier molecular flexibility index (Phi) is 4.07. The van der Waals surface area contributed by atoms with Crippen molar-refractivity contribution < 1.29 is 19.1 Å². The molecule has 2 aromatic rings. The molecule has 1 atom stereocenters. The second kappa shape index (κ2) is 5.78. The van der Waals surface area contributed by atoms with Crippen molar-refractivity contribution >= 4 is 11.9 Å². The molecular weight excluding hydrogens is 272 g/mol. The summed E-state index contributed by atoms with van der Waals surface area (Å²) in [6.07, 6.45) is 3.20. The van der Waals surface area contributed by atoms with Crippen LogP contribution in [0.5, 0.6) is 0 Å². The summed E-state index contributed by atoms with van der Waals surface area (Å²) in [7, 11) is 0. The van der Waals surface area contributed by atoms with E-state index in [9.17, 15) is 9.59 Å². The molecule has 0 spiro atoms. The van der Waals surface area contributed by atoms with Crippen LogP contribution in [0.1, 0.15) is 30.6 Å². The molecule has 6 nitrogen and oxygen atoms in total. The second-order valence-electron chi connectivity index (χ2n) is 4.89. The molecule has 110 valence electrons. The van der Waals surface area contributed by atoms with E-state index in [4.69, 9.17) is 9.52 Å². The third kappa shape index (κ3) is 3.10. The Hall–Kier alpha value is -2.63. The van der Waals surface area contributed by atoms with Crippen molar-refractivity contribution in [3.63, 3.8) is 0 Å². The molecule has 0 fully saturated rings. The lowest BCUT2D eigenvalue weighted by Gasteiger charge is -2.24. The maximum absolute atomic E-state index is 12.1. The number of carboxylic acid groups (broad SMARTS) is 1. The number of rotatable bonds is 5. The van der Waals surface area contributed by atoms with E-state index in [1.165, 1.54) is 13.3 Å². The minimum atomic E-state index is -1.28. The number of carbonyl (C=O) groups is 2. The van der Waals surface area contributed by atoms with Gasteiger partial charge >= 0.3 is 5.97 Å². The molecule has 1 aromatic heterocycles. The molecule has 0 aliphatic heterocycles. The van der Waals surface area contributed by atoms with E-state index in [0.717, 1.165) is 5.56 Å². The van der Waals surface area contributed by atoms with Gasteiger partial charge < -0.3 is 14.8 Å². The first kappa shape index (κ1) is 14.8. The van der Waals surface area contributed by atoms with Crippen LogP contribution in [-0.4, -0.2) is 27.5 Å². The van der Waals surface area contributed by atoms with Crippen molar-refractivity contribution in [3.05, 3.63) is 42.4 Å². The molecule has 0 saturated heterocycles. The standard InChI is InChI=1S/C15H16N2O4/c1-3-15(2,14(19)20)17-13(18)11-6-4-10(5-7-11)12-8-16-9-21-12/h4-9H,3H2,1-2H3,(H,17,18)(H,19,20). The average Bonchev–Trinajstić information content (AvgIpc) is 3.01. The van der Waals surface area contributed by atoms with Gasteiger partial charge in [-0.3, -0.25) is 4.79 Å². The molecule has 0 radical (unpaired) electrons. The highest BCUT2D eigenvalue weighted by molar-refractivity contribution is 5.98. The van der Waals surface area contributed by atoms with Crippen LogP contribution in [0.25, 0.3) is 11.3 Å². The Morgan fingerprint density at radius 3 is 2.48 bits per heavy atom. The van der Waals surface area contributed by atoms with E-state index in [1.54, 1.807) is 37.4 Å². The Morgan fingerprint density at radius 1 is 1.33 bits per heavy atom. The number of carboxylic acids is 1. The first-order valence-electron chi connectivity index (χ1n) is 6.51. The first-order valence-corrected chi connectivity index (χ1v) is 6.51. The fourth-order valence-corrected chi connectivity index (χ4v) is 1.76.